The lowest BCUT2D eigenvalue weighted by Gasteiger charge is -2.26. The Balaban J connectivity index is 1.30. The lowest BCUT2D eigenvalue weighted by Crippen LogP contribution is -2.34. The van der Waals surface area contributed by atoms with Gasteiger partial charge in [0.2, 0.25) is 11.7 Å². The van der Waals surface area contributed by atoms with E-state index >= 15 is 0 Å². The predicted octanol–water partition coefficient (Wildman–Crippen LogP) is 5.34. The Kier molecular flexibility index (Phi) is 6.71. The summed E-state index contributed by atoms with van der Waals surface area (Å²) in [4.78, 5) is 15.3. The molecular formula is C25H30N4O3S. The molecule has 8 heteroatoms. The number of aromatic nitrogens is 3. The summed E-state index contributed by atoms with van der Waals surface area (Å²) in [6.07, 6.45) is 9.73. The summed E-state index contributed by atoms with van der Waals surface area (Å²) < 4.78 is 13.1. The van der Waals surface area contributed by atoms with E-state index in [2.05, 4.69) is 14.8 Å². The molecule has 0 saturated heterocycles. The van der Waals surface area contributed by atoms with E-state index in [1.807, 2.05) is 41.3 Å². The first-order valence-corrected chi connectivity index (χ1v) is 12.8. The van der Waals surface area contributed by atoms with Crippen LogP contribution in [0.4, 0.5) is 0 Å². The fraction of sp³-hybridized carbons (Fsp3) is 0.480. The number of methoxy groups -OCH3 is 1. The lowest BCUT2D eigenvalue weighted by atomic mass is 9.95. The van der Waals surface area contributed by atoms with Crippen molar-refractivity contribution in [1.82, 2.24) is 19.7 Å². The second-order valence-electron chi connectivity index (χ2n) is 8.83. The first kappa shape index (κ1) is 22.1. The number of amides is 1. The SMILES string of the molecule is COc1ccc(CN(C(=O)CSc2nnc(-c3ccco3)n2C2CCCCC2)C2CC2)cc1. The van der Waals surface area contributed by atoms with E-state index in [-0.39, 0.29) is 5.91 Å². The molecule has 7 nitrogen and oxygen atoms in total. The molecule has 2 fully saturated rings. The second-order valence-corrected chi connectivity index (χ2v) is 9.78. The number of rotatable bonds is 9. The van der Waals surface area contributed by atoms with Gasteiger partial charge in [0, 0.05) is 18.6 Å². The Morgan fingerprint density at radius 2 is 1.91 bits per heavy atom. The minimum atomic E-state index is 0.149. The Bertz CT molecular complexity index is 1050. The van der Waals surface area contributed by atoms with E-state index in [4.69, 9.17) is 9.15 Å². The van der Waals surface area contributed by atoms with Crippen LogP contribution in [0.3, 0.4) is 0 Å². The minimum absolute atomic E-state index is 0.149. The van der Waals surface area contributed by atoms with Crippen molar-refractivity contribution in [1.29, 1.82) is 0 Å². The number of ether oxygens (including phenoxy) is 1. The maximum atomic E-state index is 13.3. The number of carbonyl (C=O) groups excluding carboxylic acids is 1. The van der Waals surface area contributed by atoms with Crippen molar-refractivity contribution in [2.45, 2.75) is 68.7 Å². The zero-order chi connectivity index (χ0) is 22.6. The molecule has 0 aliphatic heterocycles. The average Bonchev–Trinajstić information content (AvgIpc) is 3.38. The number of benzene rings is 1. The third kappa shape index (κ3) is 5.11. The normalized spacial score (nSPS) is 16.6. The van der Waals surface area contributed by atoms with Crippen molar-refractivity contribution < 1.29 is 13.9 Å². The predicted molar refractivity (Wildman–Crippen MR) is 127 cm³/mol. The third-order valence-corrected chi connectivity index (χ3v) is 7.42. The Hall–Kier alpha value is -2.74. The molecule has 2 saturated carbocycles. The summed E-state index contributed by atoms with van der Waals surface area (Å²) in [5.74, 6) is 2.82. The third-order valence-electron chi connectivity index (χ3n) is 6.49. The minimum Gasteiger partial charge on any atom is -0.497 e. The van der Waals surface area contributed by atoms with Gasteiger partial charge in [0.05, 0.1) is 19.1 Å². The van der Waals surface area contributed by atoms with Gasteiger partial charge >= 0.3 is 0 Å². The van der Waals surface area contributed by atoms with Crippen molar-refractivity contribution in [2.24, 2.45) is 0 Å². The lowest BCUT2D eigenvalue weighted by molar-refractivity contribution is -0.129. The first-order chi connectivity index (χ1) is 16.2. The van der Waals surface area contributed by atoms with Crippen molar-refractivity contribution in [3.63, 3.8) is 0 Å². The molecule has 2 aliphatic rings. The van der Waals surface area contributed by atoms with Crippen LogP contribution in [0.15, 0.2) is 52.2 Å². The quantitative estimate of drug-likeness (QED) is 0.397. The highest BCUT2D eigenvalue weighted by Gasteiger charge is 2.33. The van der Waals surface area contributed by atoms with Crippen LogP contribution in [0.25, 0.3) is 11.6 Å². The van der Waals surface area contributed by atoms with E-state index in [0.29, 0.717) is 24.4 Å². The van der Waals surface area contributed by atoms with E-state index < -0.39 is 0 Å². The van der Waals surface area contributed by atoms with E-state index in [1.165, 1.54) is 31.0 Å². The summed E-state index contributed by atoms with van der Waals surface area (Å²) in [6, 6.07) is 12.4. The Labute approximate surface area is 198 Å². The van der Waals surface area contributed by atoms with Gasteiger partial charge in [-0.15, -0.1) is 10.2 Å². The molecular weight excluding hydrogens is 436 g/mol. The highest BCUT2D eigenvalue weighted by Crippen LogP contribution is 2.36. The number of hydrogen-bond donors (Lipinski definition) is 0. The molecule has 0 atom stereocenters. The highest BCUT2D eigenvalue weighted by molar-refractivity contribution is 7.99. The van der Waals surface area contributed by atoms with Crippen LogP contribution in [0.1, 0.15) is 56.6 Å². The zero-order valence-corrected chi connectivity index (χ0v) is 19.8. The number of carbonyl (C=O) groups is 1. The molecule has 5 rings (SSSR count). The molecule has 2 heterocycles. The van der Waals surface area contributed by atoms with Gasteiger partial charge in [-0.05, 0) is 55.5 Å². The van der Waals surface area contributed by atoms with Crippen molar-refractivity contribution in [3.8, 4) is 17.3 Å². The largest absolute Gasteiger partial charge is 0.497 e. The molecule has 174 valence electrons. The zero-order valence-electron chi connectivity index (χ0n) is 19.0. The summed E-state index contributed by atoms with van der Waals surface area (Å²) in [5.41, 5.74) is 1.12. The van der Waals surface area contributed by atoms with Crippen LogP contribution in [-0.2, 0) is 11.3 Å². The second kappa shape index (κ2) is 10.0. The fourth-order valence-corrected chi connectivity index (χ4v) is 5.45. The fourth-order valence-electron chi connectivity index (χ4n) is 4.56. The maximum absolute atomic E-state index is 13.3. The van der Waals surface area contributed by atoms with Crippen molar-refractivity contribution in [2.75, 3.05) is 12.9 Å². The Morgan fingerprint density at radius 3 is 2.58 bits per heavy atom. The van der Waals surface area contributed by atoms with E-state index in [1.54, 1.807) is 13.4 Å². The number of thioether (sulfide) groups is 1. The monoisotopic (exact) mass is 466 g/mol. The highest BCUT2D eigenvalue weighted by atomic mass is 32.2. The topological polar surface area (TPSA) is 73.4 Å². The molecule has 0 bridgehead atoms. The summed E-state index contributed by atoms with van der Waals surface area (Å²) in [6.45, 7) is 0.626. The van der Waals surface area contributed by atoms with Crippen LogP contribution in [0, 0.1) is 0 Å². The first-order valence-electron chi connectivity index (χ1n) is 11.8. The van der Waals surface area contributed by atoms with Crippen LogP contribution in [0.2, 0.25) is 0 Å². The number of hydrogen-bond acceptors (Lipinski definition) is 6. The molecule has 0 radical (unpaired) electrons. The van der Waals surface area contributed by atoms with Crippen LogP contribution in [0.5, 0.6) is 5.75 Å². The van der Waals surface area contributed by atoms with Gasteiger partial charge in [-0.3, -0.25) is 9.36 Å². The van der Waals surface area contributed by atoms with E-state index in [9.17, 15) is 4.79 Å². The number of nitrogens with zero attached hydrogens (tertiary/aromatic N) is 4. The van der Waals surface area contributed by atoms with Crippen LogP contribution >= 0.6 is 11.8 Å². The van der Waals surface area contributed by atoms with Gasteiger partial charge in [-0.25, -0.2) is 0 Å². The van der Waals surface area contributed by atoms with Gasteiger partial charge < -0.3 is 14.1 Å². The van der Waals surface area contributed by atoms with Crippen molar-refractivity contribution >= 4 is 17.7 Å². The molecule has 0 spiro atoms. The number of furan rings is 1. The molecule has 3 aromatic rings. The van der Waals surface area contributed by atoms with Gasteiger partial charge in [-0.1, -0.05) is 43.2 Å². The average molecular weight is 467 g/mol. The van der Waals surface area contributed by atoms with Gasteiger partial charge in [0.15, 0.2) is 10.9 Å². The summed E-state index contributed by atoms with van der Waals surface area (Å²) in [7, 11) is 1.66. The molecule has 2 aliphatic carbocycles. The smallest absolute Gasteiger partial charge is 0.233 e. The Morgan fingerprint density at radius 1 is 1.12 bits per heavy atom. The van der Waals surface area contributed by atoms with Crippen molar-refractivity contribution in [3.05, 3.63) is 48.2 Å². The summed E-state index contributed by atoms with van der Waals surface area (Å²) >= 11 is 1.49. The molecule has 2 aromatic heterocycles. The molecule has 1 aromatic carbocycles. The summed E-state index contributed by atoms with van der Waals surface area (Å²) in [5, 5.41) is 9.73. The van der Waals surface area contributed by atoms with Gasteiger partial charge in [0.1, 0.15) is 5.75 Å². The van der Waals surface area contributed by atoms with Gasteiger partial charge in [0.25, 0.3) is 0 Å². The van der Waals surface area contributed by atoms with Crippen LogP contribution in [-0.4, -0.2) is 44.5 Å². The standard InChI is InChI=1S/C25H30N4O3S/c1-31-21-13-9-18(10-14-21)16-28(19-11-12-19)23(30)17-33-25-27-26-24(22-8-5-15-32-22)29(25)20-6-3-2-4-7-20/h5,8-10,13-15,19-20H,2-4,6-7,11-12,16-17H2,1H3. The van der Waals surface area contributed by atoms with Gasteiger partial charge in [-0.2, -0.15) is 0 Å². The molecule has 0 unspecified atom stereocenters. The molecule has 33 heavy (non-hydrogen) atoms. The molecule has 0 N–H and O–H groups in total. The van der Waals surface area contributed by atoms with Crippen LogP contribution < -0.4 is 4.74 Å². The van der Waals surface area contributed by atoms with E-state index in [0.717, 1.165) is 53.7 Å². The molecule has 1 amide bonds. The maximum Gasteiger partial charge on any atom is 0.233 e.